The molecule has 0 N–H and O–H groups in total. The Morgan fingerprint density at radius 1 is 0.963 bits per heavy atom. The van der Waals surface area contributed by atoms with E-state index in [4.69, 9.17) is 4.98 Å². The minimum atomic E-state index is -0.202. The molecule has 0 atom stereocenters. The molecule has 5 nitrogen and oxygen atoms in total. The summed E-state index contributed by atoms with van der Waals surface area (Å²) in [6.45, 7) is 3.88. The van der Waals surface area contributed by atoms with E-state index < -0.39 is 0 Å². The molecule has 27 heavy (non-hydrogen) atoms. The number of nitrogens with zero attached hydrogens (tertiary/aromatic N) is 4. The van der Waals surface area contributed by atoms with Crippen LogP contribution >= 0.6 is 0 Å². The first kappa shape index (κ1) is 15.5. The van der Waals surface area contributed by atoms with Crippen molar-refractivity contribution < 1.29 is 0 Å². The van der Waals surface area contributed by atoms with Crippen LogP contribution in [0.25, 0.3) is 38.5 Å². The normalized spacial score (nSPS) is 11.4. The molecule has 0 aliphatic carbocycles. The number of benzene rings is 2. The lowest BCUT2D eigenvalue weighted by atomic mass is 10.1. The molecule has 0 amide bonds. The van der Waals surface area contributed by atoms with E-state index in [2.05, 4.69) is 11.1 Å². The average Bonchev–Trinajstić information content (AvgIpc) is 2.66. The van der Waals surface area contributed by atoms with Gasteiger partial charge in [0, 0.05) is 10.8 Å². The third kappa shape index (κ3) is 2.14. The molecule has 2 aromatic carbocycles. The van der Waals surface area contributed by atoms with E-state index in [9.17, 15) is 10.1 Å². The molecule has 3 aromatic heterocycles. The molecular weight excluding hydrogens is 336 g/mol. The van der Waals surface area contributed by atoms with Gasteiger partial charge in [0.25, 0.3) is 5.56 Å². The van der Waals surface area contributed by atoms with Gasteiger partial charge >= 0.3 is 0 Å². The van der Waals surface area contributed by atoms with Crippen LogP contribution in [0.1, 0.15) is 16.7 Å². The molecule has 0 saturated carbocycles. The number of hydrogen-bond acceptors (Lipinski definition) is 4. The van der Waals surface area contributed by atoms with Gasteiger partial charge in [-0.25, -0.2) is 14.4 Å². The van der Waals surface area contributed by atoms with Crippen LogP contribution in [0, 0.1) is 25.2 Å². The Morgan fingerprint density at radius 2 is 1.78 bits per heavy atom. The predicted octanol–water partition coefficient (Wildman–Crippen LogP) is 4.04. The second kappa shape index (κ2) is 5.36. The Hall–Kier alpha value is -3.78. The summed E-state index contributed by atoms with van der Waals surface area (Å²) in [5.74, 6) is 0. The van der Waals surface area contributed by atoms with Gasteiger partial charge in [0.15, 0.2) is 5.65 Å². The second-order valence-corrected chi connectivity index (χ2v) is 6.82. The van der Waals surface area contributed by atoms with Crippen molar-refractivity contribution in [2.75, 3.05) is 0 Å². The van der Waals surface area contributed by atoms with Gasteiger partial charge in [0.05, 0.1) is 22.0 Å². The van der Waals surface area contributed by atoms with Crippen molar-refractivity contribution in [3.63, 3.8) is 0 Å². The minimum Gasteiger partial charge on any atom is -0.268 e. The molecule has 5 heteroatoms. The van der Waals surface area contributed by atoms with Crippen molar-refractivity contribution in [1.82, 2.24) is 14.4 Å². The van der Waals surface area contributed by atoms with Gasteiger partial charge in [-0.2, -0.15) is 5.26 Å². The summed E-state index contributed by atoms with van der Waals surface area (Å²) in [7, 11) is 0. The average molecular weight is 350 g/mol. The molecule has 0 saturated heterocycles. The van der Waals surface area contributed by atoms with Crippen LogP contribution in [0.2, 0.25) is 0 Å². The zero-order chi connectivity index (χ0) is 18.7. The zero-order valence-corrected chi connectivity index (χ0v) is 14.8. The number of nitriles is 1. The van der Waals surface area contributed by atoms with E-state index in [-0.39, 0.29) is 5.56 Å². The van der Waals surface area contributed by atoms with Crippen LogP contribution in [0.15, 0.2) is 53.3 Å². The first-order valence-electron chi connectivity index (χ1n) is 8.63. The summed E-state index contributed by atoms with van der Waals surface area (Å²) in [5, 5.41) is 11.9. The van der Waals surface area contributed by atoms with E-state index in [1.54, 1.807) is 6.07 Å². The summed E-state index contributed by atoms with van der Waals surface area (Å²) >= 11 is 0. The number of fused-ring (bicyclic) bond motifs is 5. The summed E-state index contributed by atoms with van der Waals surface area (Å²) < 4.78 is 1.47. The van der Waals surface area contributed by atoms with Crippen LogP contribution in [0.4, 0.5) is 0 Å². The molecule has 0 aliphatic rings. The Morgan fingerprint density at radius 3 is 2.59 bits per heavy atom. The first-order chi connectivity index (χ1) is 13.1. The lowest BCUT2D eigenvalue weighted by Crippen LogP contribution is -2.18. The zero-order valence-electron chi connectivity index (χ0n) is 14.8. The van der Waals surface area contributed by atoms with Crippen molar-refractivity contribution in [2.45, 2.75) is 13.8 Å². The van der Waals surface area contributed by atoms with Crippen LogP contribution in [0.3, 0.4) is 0 Å². The third-order valence-electron chi connectivity index (χ3n) is 4.91. The van der Waals surface area contributed by atoms with Crippen LogP contribution in [-0.2, 0) is 0 Å². The standard InChI is InChI=1S/C22H14N4O/c1-12-7-13(2)19-17(8-12)22(27)26-20-15(10-16(11-23)21(26)25-19)9-14-5-3-4-6-18(14)24-20/h3-10H,1-2H3. The van der Waals surface area contributed by atoms with Crippen molar-refractivity contribution in [3.05, 3.63) is 75.6 Å². The summed E-state index contributed by atoms with van der Waals surface area (Å²) in [5.41, 5.74) is 4.35. The molecule has 0 fully saturated rings. The highest BCUT2D eigenvalue weighted by Gasteiger charge is 2.15. The molecule has 5 aromatic rings. The molecule has 0 spiro atoms. The fourth-order valence-corrected chi connectivity index (χ4v) is 3.73. The van der Waals surface area contributed by atoms with E-state index in [0.29, 0.717) is 27.8 Å². The van der Waals surface area contributed by atoms with Gasteiger partial charge in [0.1, 0.15) is 11.7 Å². The molecule has 5 rings (SSSR count). The van der Waals surface area contributed by atoms with Crippen molar-refractivity contribution in [1.29, 1.82) is 5.26 Å². The fourth-order valence-electron chi connectivity index (χ4n) is 3.73. The maximum Gasteiger partial charge on any atom is 0.267 e. The molecule has 0 bridgehead atoms. The summed E-state index contributed by atoms with van der Waals surface area (Å²) in [6.07, 6.45) is 0. The van der Waals surface area contributed by atoms with Gasteiger partial charge in [-0.15, -0.1) is 0 Å². The predicted molar refractivity (Wildman–Crippen MR) is 106 cm³/mol. The molecular formula is C22H14N4O. The monoisotopic (exact) mass is 350 g/mol. The van der Waals surface area contributed by atoms with Gasteiger partial charge in [-0.3, -0.25) is 4.79 Å². The van der Waals surface area contributed by atoms with E-state index in [0.717, 1.165) is 27.4 Å². The molecule has 3 heterocycles. The fraction of sp³-hybridized carbons (Fsp3) is 0.0909. The Kier molecular flexibility index (Phi) is 3.07. The second-order valence-electron chi connectivity index (χ2n) is 6.82. The van der Waals surface area contributed by atoms with Crippen LogP contribution in [0.5, 0.6) is 0 Å². The SMILES string of the molecule is Cc1cc(C)c2nc3c(C#N)cc4cc5ccccc5nc4n3c(=O)c2c1. The number of aryl methyl sites for hydroxylation is 2. The van der Waals surface area contributed by atoms with E-state index >= 15 is 0 Å². The number of rotatable bonds is 0. The highest BCUT2D eigenvalue weighted by Crippen LogP contribution is 2.24. The van der Waals surface area contributed by atoms with E-state index in [1.165, 1.54) is 4.40 Å². The molecule has 128 valence electrons. The van der Waals surface area contributed by atoms with Crippen molar-refractivity contribution in [3.8, 4) is 6.07 Å². The quantitative estimate of drug-likeness (QED) is 0.312. The lowest BCUT2D eigenvalue weighted by Gasteiger charge is -2.11. The Labute approximate surface area is 154 Å². The number of para-hydroxylation sites is 1. The number of hydrogen-bond donors (Lipinski definition) is 0. The third-order valence-corrected chi connectivity index (χ3v) is 4.91. The van der Waals surface area contributed by atoms with Crippen LogP contribution in [-0.4, -0.2) is 14.4 Å². The number of aromatic nitrogens is 3. The Balaban J connectivity index is 2.12. The Bertz CT molecular complexity index is 1520. The highest BCUT2D eigenvalue weighted by atomic mass is 16.1. The first-order valence-corrected chi connectivity index (χ1v) is 8.63. The largest absolute Gasteiger partial charge is 0.268 e. The maximum atomic E-state index is 13.4. The summed E-state index contributed by atoms with van der Waals surface area (Å²) in [6, 6.07) is 17.5. The number of pyridine rings is 2. The molecule has 0 radical (unpaired) electrons. The van der Waals surface area contributed by atoms with Crippen molar-refractivity contribution in [2.24, 2.45) is 0 Å². The van der Waals surface area contributed by atoms with E-state index in [1.807, 2.05) is 56.3 Å². The lowest BCUT2D eigenvalue weighted by molar-refractivity contribution is 1.09. The van der Waals surface area contributed by atoms with Crippen LogP contribution < -0.4 is 5.56 Å². The van der Waals surface area contributed by atoms with Gasteiger partial charge in [-0.05, 0) is 49.2 Å². The maximum absolute atomic E-state index is 13.4. The van der Waals surface area contributed by atoms with Gasteiger partial charge < -0.3 is 0 Å². The van der Waals surface area contributed by atoms with Gasteiger partial charge in [0.2, 0.25) is 0 Å². The minimum absolute atomic E-state index is 0.202. The topological polar surface area (TPSA) is 71.1 Å². The van der Waals surface area contributed by atoms with Crippen molar-refractivity contribution >= 4 is 38.5 Å². The molecule has 0 unspecified atom stereocenters. The smallest absolute Gasteiger partial charge is 0.267 e. The molecule has 0 aliphatic heterocycles. The highest BCUT2D eigenvalue weighted by molar-refractivity contribution is 5.94. The van der Waals surface area contributed by atoms with Gasteiger partial charge in [-0.1, -0.05) is 24.3 Å². The summed E-state index contributed by atoms with van der Waals surface area (Å²) in [4.78, 5) is 22.8.